The molecule has 4 nitrogen and oxygen atoms in total. The summed E-state index contributed by atoms with van der Waals surface area (Å²) in [6, 6.07) is 3.03. The van der Waals surface area contributed by atoms with Crippen LogP contribution in [0.5, 0.6) is 5.75 Å². The fourth-order valence-corrected chi connectivity index (χ4v) is 1.77. The number of carbonyl (C=O) groups excluding carboxylic acids is 1. The van der Waals surface area contributed by atoms with Gasteiger partial charge in [0.05, 0.1) is 24.3 Å². The molecule has 7 heteroatoms. The number of halogens is 3. The van der Waals surface area contributed by atoms with Crippen molar-refractivity contribution in [2.24, 2.45) is 0 Å². The maximum Gasteiger partial charge on any atom is 0.377 e. The number of methoxy groups -OCH3 is 2. The molecule has 0 spiro atoms. The highest BCUT2D eigenvalue weighted by atomic mass is 79.9. The normalized spacial score (nSPS) is 11.1. The molecule has 0 saturated carbocycles. The van der Waals surface area contributed by atoms with Crippen LogP contribution in [0.1, 0.15) is 0 Å². The van der Waals surface area contributed by atoms with Gasteiger partial charge in [-0.05, 0) is 28.1 Å². The Hall–Kier alpha value is -0.910. The summed E-state index contributed by atoms with van der Waals surface area (Å²) in [7, 11) is 2.61. The molecule has 0 bridgehead atoms. The molecule has 0 radical (unpaired) electrons. The molecule has 1 aromatic rings. The lowest BCUT2D eigenvalue weighted by Gasteiger charge is -2.10. The Labute approximate surface area is 123 Å². The highest BCUT2D eigenvalue weighted by Gasteiger charge is 2.16. The highest BCUT2D eigenvalue weighted by molar-refractivity contribution is 9.10. The van der Waals surface area contributed by atoms with Crippen molar-refractivity contribution in [3.8, 4) is 5.75 Å². The van der Waals surface area contributed by atoms with Crippen molar-refractivity contribution >= 4 is 45.1 Å². The summed E-state index contributed by atoms with van der Waals surface area (Å²) < 4.78 is 15.2. The largest absolute Gasteiger partial charge is 0.500 e. The Bertz CT molecular complexity index is 488. The second kappa shape index (κ2) is 6.87. The second-order valence-electron chi connectivity index (χ2n) is 3.01. The zero-order valence-corrected chi connectivity index (χ0v) is 12.6. The molecule has 98 valence electrons. The van der Waals surface area contributed by atoms with Crippen LogP contribution in [-0.2, 0) is 14.3 Å². The van der Waals surface area contributed by atoms with E-state index in [0.29, 0.717) is 9.50 Å². The van der Waals surface area contributed by atoms with E-state index in [2.05, 4.69) is 20.7 Å². The van der Waals surface area contributed by atoms with Crippen molar-refractivity contribution in [1.29, 1.82) is 0 Å². The zero-order chi connectivity index (χ0) is 13.7. The van der Waals surface area contributed by atoms with Gasteiger partial charge in [0.1, 0.15) is 12.0 Å². The minimum atomic E-state index is -0.681. The van der Waals surface area contributed by atoms with Crippen LogP contribution in [0.15, 0.2) is 28.6 Å². The number of ether oxygens (including phenoxy) is 3. The SMILES string of the molecule is CO/C=C(\Oc1cc(Br)c(Cl)cc1Cl)C(=O)OC. The molecule has 18 heavy (non-hydrogen) atoms. The second-order valence-corrected chi connectivity index (χ2v) is 4.68. The summed E-state index contributed by atoms with van der Waals surface area (Å²) in [5.41, 5.74) is 0. The monoisotopic (exact) mass is 354 g/mol. The van der Waals surface area contributed by atoms with Crippen molar-refractivity contribution < 1.29 is 19.0 Å². The van der Waals surface area contributed by atoms with Gasteiger partial charge in [-0.15, -0.1) is 0 Å². The first-order valence-corrected chi connectivity index (χ1v) is 6.18. The van der Waals surface area contributed by atoms with Gasteiger partial charge in [0.2, 0.25) is 5.76 Å². The quantitative estimate of drug-likeness (QED) is 0.356. The first kappa shape index (κ1) is 15.1. The van der Waals surface area contributed by atoms with Gasteiger partial charge in [-0.25, -0.2) is 4.79 Å². The van der Waals surface area contributed by atoms with Crippen LogP contribution in [0.3, 0.4) is 0 Å². The van der Waals surface area contributed by atoms with E-state index in [9.17, 15) is 4.79 Å². The molecule has 0 atom stereocenters. The molecule has 1 aromatic carbocycles. The molecule has 1 rings (SSSR count). The first-order chi connectivity index (χ1) is 8.49. The van der Waals surface area contributed by atoms with Crippen molar-refractivity contribution in [1.82, 2.24) is 0 Å². The Balaban J connectivity index is 3.05. The van der Waals surface area contributed by atoms with Crippen LogP contribution in [0.25, 0.3) is 0 Å². The fourth-order valence-electron chi connectivity index (χ4n) is 1.02. The Morgan fingerprint density at radius 3 is 2.50 bits per heavy atom. The number of hydrogen-bond acceptors (Lipinski definition) is 4. The highest BCUT2D eigenvalue weighted by Crippen LogP contribution is 2.35. The van der Waals surface area contributed by atoms with Crippen LogP contribution in [-0.4, -0.2) is 20.2 Å². The van der Waals surface area contributed by atoms with Gasteiger partial charge >= 0.3 is 5.97 Å². The molecule has 0 amide bonds. The minimum Gasteiger partial charge on any atom is -0.500 e. The van der Waals surface area contributed by atoms with Gasteiger partial charge in [0, 0.05) is 4.47 Å². The Morgan fingerprint density at radius 2 is 1.94 bits per heavy atom. The topological polar surface area (TPSA) is 44.8 Å². The summed E-state index contributed by atoms with van der Waals surface area (Å²) in [6.45, 7) is 0. The summed E-state index contributed by atoms with van der Waals surface area (Å²) >= 11 is 15.0. The molecule has 0 N–H and O–H groups in total. The summed E-state index contributed by atoms with van der Waals surface area (Å²) in [6.07, 6.45) is 1.12. The van der Waals surface area contributed by atoms with Gasteiger partial charge in [-0.2, -0.15) is 0 Å². The fraction of sp³-hybridized carbons (Fsp3) is 0.182. The lowest BCUT2D eigenvalue weighted by Crippen LogP contribution is -2.11. The average molecular weight is 356 g/mol. The van der Waals surface area contributed by atoms with Crippen molar-refractivity contribution in [3.05, 3.63) is 38.7 Å². The molecular weight excluding hydrogens is 347 g/mol. The van der Waals surface area contributed by atoms with Crippen LogP contribution in [0.2, 0.25) is 10.0 Å². The molecule has 0 aliphatic carbocycles. The molecule has 0 saturated heterocycles. The summed E-state index contributed by atoms with van der Waals surface area (Å²) in [4.78, 5) is 11.4. The summed E-state index contributed by atoms with van der Waals surface area (Å²) in [5, 5.41) is 0.691. The molecule has 0 aliphatic heterocycles. The number of esters is 1. The predicted molar refractivity (Wildman–Crippen MR) is 71.9 cm³/mol. The number of rotatable bonds is 4. The van der Waals surface area contributed by atoms with Crippen molar-refractivity contribution in [2.75, 3.05) is 14.2 Å². The average Bonchev–Trinajstić information content (AvgIpc) is 2.34. The maximum atomic E-state index is 11.4. The lowest BCUT2D eigenvalue weighted by molar-refractivity contribution is -0.138. The Kier molecular flexibility index (Phi) is 5.78. The Morgan fingerprint density at radius 1 is 1.28 bits per heavy atom. The van der Waals surface area contributed by atoms with E-state index in [1.54, 1.807) is 0 Å². The minimum absolute atomic E-state index is 0.129. The van der Waals surface area contributed by atoms with Crippen molar-refractivity contribution in [2.45, 2.75) is 0 Å². The maximum absolute atomic E-state index is 11.4. The van der Waals surface area contributed by atoms with E-state index in [1.165, 1.54) is 26.4 Å². The predicted octanol–water partition coefficient (Wildman–Crippen LogP) is 3.80. The third-order valence-electron chi connectivity index (χ3n) is 1.81. The van der Waals surface area contributed by atoms with E-state index in [4.69, 9.17) is 32.7 Å². The third-order valence-corrected chi connectivity index (χ3v) is 3.30. The lowest BCUT2D eigenvalue weighted by atomic mass is 10.3. The van der Waals surface area contributed by atoms with E-state index in [1.807, 2.05) is 0 Å². The van der Waals surface area contributed by atoms with Crippen LogP contribution in [0, 0.1) is 0 Å². The number of benzene rings is 1. The van der Waals surface area contributed by atoms with Gasteiger partial charge in [0.25, 0.3) is 0 Å². The van der Waals surface area contributed by atoms with E-state index in [0.717, 1.165) is 6.26 Å². The van der Waals surface area contributed by atoms with Crippen molar-refractivity contribution in [3.63, 3.8) is 0 Å². The van der Waals surface area contributed by atoms with E-state index < -0.39 is 5.97 Å². The summed E-state index contributed by atoms with van der Waals surface area (Å²) in [5.74, 6) is -0.559. The van der Waals surface area contributed by atoms with Gasteiger partial charge in [-0.1, -0.05) is 23.2 Å². The number of carbonyl (C=O) groups is 1. The molecule has 0 unspecified atom stereocenters. The van der Waals surface area contributed by atoms with Crippen LogP contribution < -0.4 is 4.74 Å². The van der Waals surface area contributed by atoms with Gasteiger partial charge in [-0.3, -0.25) is 0 Å². The van der Waals surface area contributed by atoms with E-state index in [-0.39, 0.29) is 16.5 Å². The first-order valence-electron chi connectivity index (χ1n) is 4.63. The number of hydrogen-bond donors (Lipinski definition) is 0. The third kappa shape index (κ3) is 3.80. The standard InChI is InChI=1S/C11H9BrCl2O4/c1-16-5-10(11(15)17-2)18-9-3-6(12)7(13)4-8(9)14/h3-5H,1-2H3/b10-5-. The smallest absolute Gasteiger partial charge is 0.377 e. The molecule has 0 fully saturated rings. The molecule has 0 heterocycles. The van der Waals surface area contributed by atoms with E-state index >= 15 is 0 Å². The molecule has 0 aromatic heterocycles. The molecule has 0 aliphatic rings. The van der Waals surface area contributed by atoms with Crippen LogP contribution in [0.4, 0.5) is 0 Å². The van der Waals surface area contributed by atoms with Gasteiger partial charge in [0.15, 0.2) is 0 Å². The van der Waals surface area contributed by atoms with Gasteiger partial charge < -0.3 is 14.2 Å². The zero-order valence-electron chi connectivity index (χ0n) is 9.50. The molecular formula is C11H9BrCl2O4. The van der Waals surface area contributed by atoms with Crippen LogP contribution >= 0.6 is 39.1 Å².